The van der Waals surface area contributed by atoms with Gasteiger partial charge in [-0.1, -0.05) is 6.92 Å². The number of hydrogen-bond donors (Lipinski definition) is 2. The Morgan fingerprint density at radius 2 is 2.09 bits per heavy atom. The lowest BCUT2D eigenvalue weighted by Gasteiger charge is -2.45. The molecule has 0 radical (unpaired) electrons. The first-order valence-electron chi connectivity index (χ1n) is 8.05. The van der Waals surface area contributed by atoms with Crippen LogP contribution in [0.15, 0.2) is 0 Å². The maximum Gasteiger partial charge on any atom is 0.407 e. The van der Waals surface area contributed by atoms with E-state index in [0.717, 1.165) is 12.8 Å². The highest BCUT2D eigenvalue weighted by atomic mass is 16.6. The fourth-order valence-electron chi connectivity index (χ4n) is 4.42. The number of alkyl carbamates (subject to hydrolysis) is 1. The molecule has 1 saturated heterocycles. The van der Waals surface area contributed by atoms with Gasteiger partial charge in [0, 0.05) is 0 Å². The summed E-state index contributed by atoms with van der Waals surface area (Å²) in [5.74, 6) is -0.932. The molecule has 1 amide bonds. The lowest BCUT2D eigenvalue weighted by atomic mass is 9.64. The van der Waals surface area contributed by atoms with Gasteiger partial charge >= 0.3 is 12.1 Å². The maximum atomic E-state index is 12.3. The van der Waals surface area contributed by atoms with E-state index in [1.807, 2.05) is 6.92 Å². The Morgan fingerprint density at radius 3 is 2.73 bits per heavy atom. The molecule has 6 nitrogen and oxygen atoms in total. The van der Waals surface area contributed by atoms with Gasteiger partial charge < -0.3 is 19.9 Å². The van der Waals surface area contributed by atoms with Gasteiger partial charge in [0.15, 0.2) is 0 Å². The zero-order valence-electron chi connectivity index (χ0n) is 13.6. The minimum atomic E-state index is -1.14. The van der Waals surface area contributed by atoms with Crippen LogP contribution in [0.25, 0.3) is 0 Å². The summed E-state index contributed by atoms with van der Waals surface area (Å²) in [5.41, 5.74) is -1.74. The normalized spacial score (nSPS) is 43.5. The number of amides is 1. The van der Waals surface area contributed by atoms with Crippen LogP contribution in [0, 0.1) is 17.8 Å². The molecule has 0 spiro atoms. The van der Waals surface area contributed by atoms with Gasteiger partial charge in [0.05, 0.1) is 6.04 Å². The minimum absolute atomic E-state index is 0.0700. The topological polar surface area (TPSA) is 84.9 Å². The molecule has 1 aliphatic heterocycles. The van der Waals surface area contributed by atoms with E-state index in [1.54, 1.807) is 20.8 Å². The second-order valence-corrected chi connectivity index (χ2v) is 7.95. The highest BCUT2D eigenvalue weighted by Crippen LogP contribution is 2.55. The van der Waals surface area contributed by atoms with E-state index in [4.69, 9.17) is 9.47 Å². The van der Waals surface area contributed by atoms with Gasteiger partial charge in [-0.25, -0.2) is 4.79 Å². The minimum Gasteiger partial charge on any atom is -0.459 e. The lowest BCUT2D eigenvalue weighted by molar-refractivity contribution is -0.146. The zero-order chi connectivity index (χ0) is 16.3. The van der Waals surface area contributed by atoms with E-state index in [0.29, 0.717) is 6.42 Å². The van der Waals surface area contributed by atoms with Crippen molar-refractivity contribution in [2.75, 3.05) is 0 Å². The summed E-state index contributed by atoms with van der Waals surface area (Å²) in [5, 5.41) is 13.9. The highest BCUT2D eigenvalue weighted by Gasteiger charge is 2.68. The first-order valence-corrected chi connectivity index (χ1v) is 8.05. The van der Waals surface area contributed by atoms with Crippen molar-refractivity contribution in [2.24, 2.45) is 17.8 Å². The molecule has 3 rings (SSSR count). The van der Waals surface area contributed by atoms with Crippen LogP contribution < -0.4 is 5.32 Å². The molecule has 124 valence electrons. The molecule has 22 heavy (non-hydrogen) atoms. The third-order valence-electron chi connectivity index (χ3n) is 5.27. The first-order chi connectivity index (χ1) is 10.1. The Labute approximate surface area is 130 Å². The third kappa shape index (κ3) is 2.28. The Kier molecular flexibility index (Phi) is 3.43. The van der Waals surface area contributed by atoms with Crippen molar-refractivity contribution in [1.29, 1.82) is 0 Å². The summed E-state index contributed by atoms with van der Waals surface area (Å²) >= 11 is 0. The maximum absolute atomic E-state index is 12.3. The summed E-state index contributed by atoms with van der Waals surface area (Å²) in [7, 11) is 0. The molecule has 1 heterocycles. The standard InChI is InChI=1S/C16H25NO5/c1-8-7-9-5-6-10-16(9,20)11(13(18)21-10)12(8)17-14(19)22-15(2,3)4/h8-12,20H,5-7H2,1-4H3,(H,17,19)/t8-,9+,10+,11+,12+,16+/m0/s1. The number of carbonyl (C=O) groups excluding carboxylic acids is 2. The molecule has 3 aliphatic rings. The molecule has 0 aromatic carbocycles. The lowest BCUT2D eigenvalue weighted by Crippen LogP contribution is -2.61. The molecule has 6 heteroatoms. The predicted molar refractivity (Wildman–Crippen MR) is 78.0 cm³/mol. The predicted octanol–water partition coefficient (Wildman–Crippen LogP) is 1.60. The highest BCUT2D eigenvalue weighted by molar-refractivity contribution is 5.80. The molecule has 2 aliphatic carbocycles. The fourth-order valence-corrected chi connectivity index (χ4v) is 4.42. The SMILES string of the molecule is C[C@H]1C[C@H]2CC[C@H]3OC(=O)[C@@H]([C@@H]1NC(=O)OC(C)(C)C)[C@@]23O. The van der Waals surface area contributed by atoms with Crippen molar-refractivity contribution in [2.45, 2.75) is 70.3 Å². The smallest absolute Gasteiger partial charge is 0.407 e. The summed E-state index contributed by atoms with van der Waals surface area (Å²) in [6.07, 6.45) is 1.37. The van der Waals surface area contributed by atoms with Crippen molar-refractivity contribution in [3.8, 4) is 0 Å². The molecule has 6 atom stereocenters. The van der Waals surface area contributed by atoms with Crippen LogP contribution >= 0.6 is 0 Å². The largest absolute Gasteiger partial charge is 0.459 e. The van der Waals surface area contributed by atoms with Gasteiger partial charge in [0.1, 0.15) is 23.2 Å². The third-order valence-corrected chi connectivity index (χ3v) is 5.27. The van der Waals surface area contributed by atoms with Gasteiger partial charge in [0.2, 0.25) is 0 Å². The summed E-state index contributed by atoms with van der Waals surface area (Å²) < 4.78 is 10.7. The number of aliphatic hydroxyl groups is 1. The monoisotopic (exact) mass is 311 g/mol. The Morgan fingerprint density at radius 1 is 1.41 bits per heavy atom. The molecule has 3 fully saturated rings. The Hall–Kier alpha value is -1.30. The van der Waals surface area contributed by atoms with Crippen LogP contribution in [0.1, 0.15) is 47.0 Å². The van der Waals surface area contributed by atoms with Crippen LogP contribution in [-0.2, 0) is 14.3 Å². The van der Waals surface area contributed by atoms with Crippen molar-refractivity contribution in [3.05, 3.63) is 0 Å². The van der Waals surface area contributed by atoms with Gasteiger partial charge in [0.25, 0.3) is 0 Å². The summed E-state index contributed by atoms with van der Waals surface area (Å²) in [4.78, 5) is 24.3. The molecule has 2 saturated carbocycles. The second-order valence-electron chi connectivity index (χ2n) is 7.95. The van der Waals surface area contributed by atoms with Crippen LogP contribution in [0.2, 0.25) is 0 Å². The average molecular weight is 311 g/mol. The molecule has 0 aromatic heterocycles. The zero-order valence-corrected chi connectivity index (χ0v) is 13.6. The molecular weight excluding hydrogens is 286 g/mol. The quantitative estimate of drug-likeness (QED) is 0.719. The fraction of sp³-hybridized carbons (Fsp3) is 0.875. The van der Waals surface area contributed by atoms with Gasteiger partial charge in [-0.05, 0) is 51.9 Å². The Balaban J connectivity index is 1.82. The second kappa shape index (κ2) is 4.85. The number of hydrogen-bond acceptors (Lipinski definition) is 5. The number of rotatable bonds is 1. The van der Waals surface area contributed by atoms with Crippen LogP contribution in [0.5, 0.6) is 0 Å². The number of ether oxygens (including phenoxy) is 2. The van der Waals surface area contributed by atoms with Gasteiger partial charge in [-0.3, -0.25) is 4.79 Å². The van der Waals surface area contributed by atoms with Crippen LogP contribution in [0.3, 0.4) is 0 Å². The van der Waals surface area contributed by atoms with Gasteiger partial charge in [-0.2, -0.15) is 0 Å². The van der Waals surface area contributed by atoms with Crippen LogP contribution in [-0.4, -0.2) is 40.5 Å². The molecule has 0 unspecified atom stereocenters. The van der Waals surface area contributed by atoms with E-state index >= 15 is 0 Å². The van der Waals surface area contributed by atoms with E-state index in [-0.39, 0.29) is 11.8 Å². The van der Waals surface area contributed by atoms with Crippen molar-refractivity contribution in [1.82, 2.24) is 5.32 Å². The number of nitrogens with one attached hydrogen (secondary N) is 1. The molecular formula is C16H25NO5. The van der Waals surface area contributed by atoms with E-state index < -0.39 is 41.3 Å². The van der Waals surface area contributed by atoms with E-state index in [1.165, 1.54) is 0 Å². The van der Waals surface area contributed by atoms with E-state index in [2.05, 4.69) is 5.32 Å². The molecule has 0 bridgehead atoms. The van der Waals surface area contributed by atoms with Crippen LogP contribution in [0.4, 0.5) is 4.79 Å². The summed E-state index contributed by atoms with van der Waals surface area (Å²) in [6, 6.07) is -0.452. The molecule has 0 aromatic rings. The van der Waals surface area contributed by atoms with Crippen molar-refractivity contribution >= 4 is 12.1 Å². The van der Waals surface area contributed by atoms with Crippen molar-refractivity contribution < 1.29 is 24.2 Å². The molecule has 2 N–H and O–H groups in total. The number of esters is 1. The number of carbonyl (C=O) groups is 2. The first kappa shape index (κ1) is 15.6. The Bertz CT molecular complexity index is 499. The average Bonchev–Trinajstić information content (AvgIpc) is 2.78. The van der Waals surface area contributed by atoms with E-state index in [9.17, 15) is 14.7 Å². The van der Waals surface area contributed by atoms with Gasteiger partial charge in [-0.15, -0.1) is 0 Å². The summed E-state index contributed by atoms with van der Waals surface area (Å²) in [6.45, 7) is 7.37. The van der Waals surface area contributed by atoms with Crippen molar-refractivity contribution in [3.63, 3.8) is 0 Å².